The van der Waals surface area contributed by atoms with E-state index in [1.165, 1.54) is 10.9 Å². The average molecular weight is 498 g/mol. The van der Waals surface area contributed by atoms with E-state index in [4.69, 9.17) is 16.3 Å². The Morgan fingerprint density at radius 2 is 2.07 bits per heavy atom. The number of carboxylic acid groups (broad SMARTS) is 1. The van der Waals surface area contributed by atoms with Crippen molar-refractivity contribution < 1.29 is 14.6 Å². The van der Waals surface area contributed by atoms with E-state index < -0.39 is 17.0 Å². The van der Waals surface area contributed by atoms with Gasteiger partial charge < -0.3 is 15.2 Å². The Hall–Kier alpha value is -1.83. The molecule has 2 N–H and O–H groups in total. The van der Waals surface area contributed by atoms with Crippen LogP contribution in [0.4, 0.5) is 4.79 Å². The Kier molecular flexibility index (Phi) is 6.41. The minimum Gasteiger partial charge on any atom is -0.489 e. The highest BCUT2D eigenvalue weighted by molar-refractivity contribution is 9.10. The van der Waals surface area contributed by atoms with Crippen molar-refractivity contribution in [3.8, 4) is 5.75 Å². The average Bonchev–Trinajstić information content (AvgIpc) is 3.04. The van der Waals surface area contributed by atoms with E-state index in [1.807, 2.05) is 32.9 Å². The smallest absolute Gasteiger partial charge is 0.405 e. The van der Waals surface area contributed by atoms with Gasteiger partial charge in [0.15, 0.2) is 0 Å². The van der Waals surface area contributed by atoms with Gasteiger partial charge in [0.2, 0.25) is 0 Å². The Bertz CT molecular complexity index is 1030. The predicted molar refractivity (Wildman–Crippen MR) is 121 cm³/mol. The first-order valence-corrected chi connectivity index (χ1v) is 11.1. The van der Waals surface area contributed by atoms with E-state index >= 15 is 0 Å². The molecule has 0 fully saturated rings. The van der Waals surface area contributed by atoms with E-state index in [-0.39, 0.29) is 6.61 Å². The molecule has 1 amide bonds. The summed E-state index contributed by atoms with van der Waals surface area (Å²) in [7, 11) is 0. The Labute approximate surface area is 187 Å². The lowest BCUT2D eigenvalue weighted by molar-refractivity contribution is 0.0689. The van der Waals surface area contributed by atoms with E-state index in [2.05, 4.69) is 43.7 Å². The minimum absolute atomic E-state index is 0.142. The number of ether oxygens (including phenoxy) is 1. The summed E-state index contributed by atoms with van der Waals surface area (Å²) in [5.41, 5.74) is -0.200. The second kappa shape index (κ2) is 8.50. The van der Waals surface area contributed by atoms with Gasteiger partial charge in [-0.15, -0.1) is 11.3 Å². The molecule has 0 saturated heterocycles. The molecule has 0 aliphatic rings. The number of fused-ring (bicyclic) bond motifs is 1. The van der Waals surface area contributed by atoms with E-state index in [9.17, 15) is 9.90 Å². The third-order valence-corrected chi connectivity index (χ3v) is 7.24. The fourth-order valence-corrected chi connectivity index (χ4v) is 4.58. The first-order chi connectivity index (χ1) is 13.6. The summed E-state index contributed by atoms with van der Waals surface area (Å²) in [5, 5.41) is 16.0. The number of amides is 1. The van der Waals surface area contributed by atoms with Crippen LogP contribution in [0.3, 0.4) is 0 Å². The van der Waals surface area contributed by atoms with Gasteiger partial charge in [0.05, 0.1) is 16.2 Å². The van der Waals surface area contributed by atoms with Crippen LogP contribution in [0.5, 0.6) is 5.75 Å². The third-order valence-electron chi connectivity index (χ3n) is 5.09. The predicted octanol–water partition coefficient (Wildman–Crippen LogP) is 6.39. The molecule has 154 valence electrons. The Balaban J connectivity index is 1.98. The summed E-state index contributed by atoms with van der Waals surface area (Å²) in [5.74, 6) is 0.511. The number of thiophene rings is 1. The number of benzene rings is 1. The molecule has 0 bridgehead atoms. The minimum atomic E-state index is -1.08. The van der Waals surface area contributed by atoms with Crippen molar-refractivity contribution in [2.75, 3.05) is 6.61 Å². The first kappa shape index (κ1) is 21.9. The molecule has 1 atom stereocenters. The summed E-state index contributed by atoms with van der Waals surface area (Å²) in [4.78, 5) is 15.8. The van der Waals surface area contributed by atoms with Crippen molar-refractivity contribution >= 4 is 55.0 Å². The Morgan fingerprint density at radius 1 is 1.34 bits per heavy atom. The maximum atomic E-state index is 11.8. The maximum Gasteiger partial charge on any atom is 0.405 e. The van der Waals surface area contributed by atoms with Gasteiger partial charge in [-0.25, -0.2) is 9.78 Å². The lowest BCUT2D eigenvalue weighted by Gasteiger charge is -2.44. The van der Waals surface area contributed by atoms with Crippen molar-refractivity contribution in [3.63, 3.8) is 0 Å². The molecule has 3 aromatic rings. The van der Waals surface area contributed by atoms with E-state index in [1.54, 1.807) is 17.4 Å². The molecule has 0 spiro atoms. The van der Waals surface area contributed by atoms with E-state index in [0.717, 1.165) is 10.9 Å². The number of pyridine rings is 1. The molecule has 0 unspecified atom stereocenters. The van der Waals surface area contributed by atoms with Gasteiger partial charge in [0, 0.05) is 11.1 Å². The molecular formula is C21H22BrClN2O3S. The molecule has 29 heavy (non-hydrogen) atoms. The molecule has 0 saturated carbocycles. The SMILES string of the molecule is CC(C)(C)[C@](COc1cnc(Cl)c(Br)c1)(Cc1csc2ccccc12)NC(=O)O. The van der Waals surface area contributed by atoms with Crippen LogP contribution in [0.25, 0.3) is 10.1 Å². The molecule has 2 aromatic heterocycles. The highest BCUT2D eigenvalue weighted by Gasteiger charge is 2.45. The number of hydrogen-bond donors (Lipinski definition) is 2. The molecule has 0 radical (unpaired) electrons. The van der Waals surface area contributed by atoms with Gasteiger partial charge in [-0.05, 0) is 49.8 Å². The van der Waals surface area contributed by atoms with Gasteiger partial charge in [-0.2, -0.15) is 0 Å². The number of aromatic nitrogens is 1. The van der Waals surface area contributed by atoms with Crippen LogP contribution in [-0.2, 0) is 6.42 Å². The van der Waals surface area contributed by atoms with Crippen LogP contribution in [0.2, 0.25) is 5.15 Å². The summed E-state index contributed by atoms with van der Waals surface area (Å²) in [6, 6.07) is 9.86. The monoisotopic (exact) mass is 496 g/mol. The van der Waals surface area contributed by atoms with Gasteiger partial charge in [0.25, 0.3) is 0 Å². The molecule has 0 aliphatic heterocycles. The highest BCUT2D eigenvalue weighted by Crippen LogP contribution is 2.38. The van der Waals surface area contributed by atoms with Crippen LogP contribution < -0.4 is 10.1 Å². The van der Waals surface area contributed by atoms with Gasteiger partial charge in [-0.3, -0.25) is 0 Å². The van der Waals surface area contributed by atoms with Crippen LogP contribution in [0.15, 0.2) is 46.4 Å². The zero-order chi connectivity index (χ0) is 21.2. The standard InChI is InChI=1S/C21H22BrClN2O3S/c1-20(2,3)21(25-19(26)27,12-28-14-8-16(22)18(23)24-10-14)9-13-11-29-17-7-5-4-6-15(13)17/h4-8,10-11,25H,9,12H2,1-3H3,(H,26,27)/t21-/m1/s1. The van der Waals surface area contributed by atoms with Crippen LogP contribution in [-0.4, -0.2) is 28.3 Å². The van der Waals surface area contributed by atoms with Gasteiger partial charge in [-0.1, -0.05) is 50.6 Å². The Morgan fingerprint density at radius 3 is 2.72 bits per heavy atom. The molecule has 8 heteroatoms. The first-order valence-electron chi connectivity index (χ1n) is 9.01. The molecule has 1 aromatic carbocycles. The van der Waals surface area contributed by atoms with Gasteiger partial charge >= 0.3 is 6.09 Å². The van der Waals surface area contributed by atoms with Crippen molar-refractivity contribution in [2.24, 2.45) is 5.41 Å². The lowest BCUT2D eigenvalue weighted by atomic mass is 9.70. The quantitative estimate of drug-likeness (QED) is 0.387. The zero-order valence-corrected chi connectivity index (χ0v) is 19.5. The second-order valence-corrected chi connectivity index (χ2v) is 10.1. The summed E-state index contributed by atoms with van der Waals surface area (Å²) in [6.07, 6.45) is 0.939. The topological polar surface area (TPSA) is 71.5 Å². The van der Waals surface area contributed by atoms with Crippen molar-refractivity contribution in [1.82, 2.24) is 10.3 Å². The highest BCUT2D eigenvalue weighted by atomic mass is 79.9. The van der Waals surface area contributed by atoms with Crippen molar-refractivity contribution in [1.29, 1.82) is 0 Å². The van der Waals surface area contributed by atoms with E-state index in [0.29, 0.717) is 21.8 Å². The van der Waals surface area contributed by atoms with Crippen LogP contribution >= 0.6 is 38.9 Å². The van der Waals surface area contributed by atoms with Crippen LogP contribution in [0.1, 0.15) is 26.3 Å². The lowest BCUT2D eigenvalue weighted by Crippen LogP contribution is -2.62. The normalized spacial score (nSPS) is 13.8. The summed E-state index contributed by atoms with van der Waals surface area (Å²) >= 11 is 11.0. The molecule has 0 aliphatic carbocycles. The van der Waals surface area contributed by atoms with Crippen molar-refractivity contribution in [2.45, 2.75) is 32.7 Å². The van der Waals surface area contributed by atoms with Crippen molar-refractivity contribution in [3.05, 3.63) is 57.1 Å². The maximum absolute atomic E-state index is 11.8. The third kappa shape index (κ3) is 4.85. The molecule has 5 nitrogen and oxygen atoms in total. The molecule has 2 heterocycles. The zero-order valence-electron chi connectivity index (χ0n) is 16.3. The molecule has 3 rings (SSSR count). The number of hydrogen-bond acceptors (Lipinski definition) is 4. The fourth-order valence-electron chi connectivity index (χ4n) is 3.19. The summed E-state index contributed by atoms with van der Waals surface area (Å²) < 4.78 is 7.81. The second-order valence-electron chi connectivity index (χ2n) is 7.93. The van der Waals surface area contributed by atoms with Crippen LogP contribution in [0, 0.1) is 5.41 Å². The summed E-state index contributed by atoms with van der Waals surface area (Å²) in [6.45, 7) is 6.17. The number of halogens is 2. The number of nitrogens with zero attached hydrogens (tertiary/aromatic N) is 1. The number of carbonyl (C=O) groups is 1. The number of nitrogens with one attached hydrogen (secondary N) is 1. The van der Waals surface area contributed by atoms with Gasteiger partial charge in [0.1, 0.15) is 17.5 Å². The fraction of sp³-hybridized carbons (Fsp3) is 0.333. The largest absolute Gasteiger partial charge is 0.489 e. The number of rotatable bonds is 6. The molecular weight excluding hydrogens is 476 g/mol.